The quantitative estimate of drug-likeness (QED) is 0.888. The van der Waals surface area contributed by atoms with Gasteiger partial charge in [0.05, 0.1) is 6.54 Å². The van der Waals surface area contributed by atoms with Crippen molar-refractivity contribution < 1.29 is 9.53 Å². The number of ether oxygens (including phenoxy) is 1. The van der Waals surface area contributed by atoms with Gasteiger partial charge in [0.2, 0.25) is 0 Å². The van der Waals surface area contributed by atoms with Gasteiger partial charge in [-0.25, -0.2) is 4.79 Å². The number of nitrogens with one attached hydrogen (secondary N) is 1. The van der Waals surface area contributed by atoms with Gasteiger partial charge in [0.15, 0.2) is 0 Å². The molecule has 19 heavy (non-hydrogen) atoms. The van der Waals surface area contributed by atoms with E-state index in [1.54, 1.807) is 4.90 Å². The minimum absolute atomic E-state index is 0.221. The van der Waals surface area contributed by atoms with Crippen LogP contribution in [-0.2, 0) is 4.74 Å². The van der Waals surface area contributed by atoms with Gasteiger partial charge in [-0.15, -0.1) is 0 Å². The molecule has 0 bridgehead atoms. The molecule has 0 saturated carbocycles. The SMILES string of the molecule is CC(C)c1ccc(N2CC3(CCNC3)OC2=O)cc1. The Morgan fingerprint density at radius 2 is 2.05 bits per heavy atom. The monoisotopic (exact) mass is 260 g/mol. The number of carbonyl (C=O) groups excluding carboxylic acids is 1. The zero-order valence-corrected chi connectivity index (χ0v) is 11.5. The summed E-state index contributed by atoms with van der Waals surface area (Å²) in [6.07, 6.45) is 0.681. The summed E-state index contributed by atoms with van der Waals surface area (Å²) < 4.78 is 5.58. The fourth-order valence-corrected chi connectivity index (χ4v) is 2.80. The number of hydrogen-bond donors (Lipinski definition) is 1. The van der Waals surface area contributed by atoms with Crippen molar-refractivity contribution in [3.05, 3.63) is 29.8 Å². The first-order chi connectivity index (χ1) is 9.10. The molecule has 0 aromatic heterocycles. The van der Waals surface area contributed by atoms with Crippen molar-refractivity contribution in [2.75, 3.05) is 24.5 Å². The van der Waals surface area contributed by atoms with Crippen LogP contribution in [0.5, 0.6) is 0 Å². The molecule has 1 spiro atoms. The van der Waals surface area contributed by atoms with Gasteiger partial charge in [-0.05, 0) is 30.2 Å². The fourth-order valence-electron chi connectivity index (χ4n) is 2.80. The molecule has 2 heterocycles. The van der Waals surface area contributed by atoms with Crippen LogP contribution in [0.15, 0.2) is 24.3 Å². The molecule has 1 N–H and O–H groups in total. The molecule has 2 saturated heterocycles. The number of nitrogens with zero attached hydrogens (tertiary/aromatic N) is 1. The summed E-state index contributed by atoms with van der Waals surface area (Å²) in [5.74, 6) is 0.505. The molecule has 3 rings (SSSR count). The molecule has 1 amide bonds. The molecule has 2 aliphatic rings. The topological polar surface area (TPSA) is 41.6 Å². The van der Waals surface area contributed by atoms with E-state index in [-0.39, 0.29) is 11.7 Å². The standard InChI is InChI=1S/C15H20N2O2/c1-11(2)12-3-5-13(6-4-12)17-10-15(19-14(17)18)7-8-16-9-15/h3-6,11,16H,7-10H2,1-2H3. The second-order valence-corrected chi connectivity index (χ2v) is 5.81. The van der Waals surface area contributed by atoms with Crippen molar-refractivity contribution in [1.82, 2.24) is 5.32 Å². The molecule has 4 nitrogen and oxygen atoms in total. The van der Waals surface area contributed by atoms with Gasteiger partial charge >= 0.3 is 6.09 Å². The highest BCUT2D eigenvalue weighted by molar-refractivity contribution is 5.90. The van der Waals surface area contributed by atoms with E-state index in [9.17, 15) is 4.79 Å². The van der Waals surface area contributed by atoms with Crippen molar-refractivity contribution in [1.29, 1.82) is 0 Å². The zero-order valence-electron chi connectivity index (χ0n) is 11.5. The van der Waals surface area contributed by atoms with Crippen LogP contribution in [0.4, 0.5) is 10.5 Å². The van der Waals surface area contributed by atoms with Crippen molar-refractivity contribution in [2.45, 2.75) is 31.8 Å². The molecule has 0 radical (unpaired) electrons. The lowest BCUT2D eigenvalue weighted by Crippen LogP contribution is -2.36. The Kier molecular flexibility index (Phi) is 2.97. The van der Waals surface area contributed by atoms with E-state index in [1.807, 2.05) is 12.1 Å². The Morgan fingerprint density at radius 1 is 1.32 bits per heavy atom. The van der Waals surface area contributed by atoms with Crippen LogP contribution in [-0.4, -0.2) is 31.3 Å². The van der Waals surface area contributed by atoms with Gasteiger partial charge in [-0.3, -0.25) is 4.90 Å². The van der Waals surface area contributed by atoms with Crippen LogP contribution in [0.3, 0.4) is 0 Å². The number of rotatable bonds is 2. The number of benzene rings is 1. The lowest BCUT2D eigenvalue weighted by atomic mass is 10.0. The summed E-state index contributed by atoms with van der Waals surface area (Å²) in [6.45, 7) is 6.67. The normalized spacial score (nSPS) is 26.5. The summed E-state index contributed by atoms with van der Waals surface area (Å²) in [4.78, 5) is 13.8. The van der Waals surface area contributed by atoms with Crippen molar-refractivity contribution >= 4 is 11.8 Å². The summed E-state index contributed by atoms with van der Waals surface area (Å²) >= 11 is 0. The van der Waals surface area contributed by atoms with E-state index >= 15 is 0 Å². The molecular formula is C15H20N2O2. The van der Waals surface area contributed by atoms with Gasteiger partial charge < -0.3 is 10.1 Å². The summed E-state index contributed by atoms with van der Waals surface area (Å²) in [5, 5.41) is 3.27. The maximum absolute atomic E-state index is 12.0. The Morgan fingerprint density at radius 3 is 2.63 bits per heavy atom. The first-order valence-electron chi connectivity index (χ1n) is 6.91. The van der Waals surface area contributed by atoms with Crippen molar-refractivity contribution in [3.8, 4) is 0 Å². The lowest BCUT2D eigenvalue weighted by Gasteiger charge is -2.19. The molecule has 102 valence electrons. The Labute approximate surface area is 113 Å². The number of hydrogen-bond acceptors (Lipinski definition) is 3. The highest BCUT2D eigenvalue weighted by Crippen LogP contribution is 2.32. The minimum Gasteiger partial charge on any atom is -0.439 e. The highest BCUT2D eigenvalue weighted by atomic mass is 16.6. The summed E-state index contributed by atoms with van der Waals surface area (Å²) in [6, 6.07) is 8.20. The molecular weight excluding hydrogens is 240 g/mol. The van der Waals surface area contributed by atoms with Gasteiger partial charge in [0, 0.05) is 18.7 Å². The first kappa shape index (κ1) is 12.5. The predicted octanol–water partition coefficient (Wildman–Crippen LogP) is 2.50. The molecule has 0 aliphatic carbocycles. The van der Waals surface area contributed by atoms with Crippen LogP contribution in [0.2, 0.25) is 0 Å². The largest absolute Gasteiger partial charge is 0.439 e. The summed E-state index contributed by atoms with van der Waals surface area (Å²) in [7, 11) is 0. The van der Waals surface area contributed by atoms with Gasteiger partial charge in [-0.2, -0.15) is 0 Å². The molecule has 4 heteroatoms. The maximum atomic E-state index is 12.0. The minimum atomic E-state index is -0.312. The van der Waals surface area contributed by atoms with E-state index in [0.717, 1.165) is 25.2 Å². The Hall–Kier alpha value is -1.55. The molecule has 1 unspecified atom stereocenters. The summed E-state index contributed by atoms with van der Waals surface area (Å²) in [5.41, 5.74) is 1.90. The molecule has 1 atom stereocenters. The lowest BCUT2D eigenvalue weighted by molar-refractivity contribution is 0.0733. The van der Waals surface area contributed by atoms with Crippen LogP contribution in [0.25, 0.3) is 0 Å². The van der Waals surface area contributed by atoms with Crippen LogP contribution < -0.4 is 10.2 Å². The fraction of sp³-hybridized carbons (Fsp3) is 0.533. The number of amides is 1. The maximum Gasteiger partial charge on any atom is 0.415 e. The van der Waals surface area contributed by atoms with E-state index < -0.39 is 0 Å². The van der Waals surface area contributed by atoms with E-state index in [1.165, 1.54) is 5.56 Å². The highest BCUT2D eigenvalue weighted by Gasteiger charge is 2.47. The van der Waals surface area contributed by atoms with Gasteiger partial charge in [0.25, 0.3) is 0 Å². The third-order valence-corrected chi connectivity index (χ3v) is 4.05. The Balaban J connectivity index is 1.80. The third kappa shape index (κ3) is 2.21. The second kappa shape index (κ2) is 4.53. The predicted molar refractivity (Wildman–Crippen MR) is 74.6 cm³/mol. The van der Waals surface area contributed by atoms with E-state index in [4.69, 9.17) is 4.74 Å². The molecule has 1 aromatic carbocycles. The average molecular weight is 260 g/mol. The second-order valence-electron chi connectivity index (χ2n) is 5.81. The average Bonchev–Trinajstić information content (AvgIpc) is 2.97. The number of anilines is 1. The van der Waals surface area contributed by atoms with E-state index in [0.29, 0.717) is 12.5 Å². The van der Waals surface area contributed by atoms with E-state index in [2.05, 4.69) is 31.3 Å². The van der Waals surface area contributed by atoms with Crippen LogP contribution >= 0.6 is 0 Å². The number of carbonyl (C=O) groups is 1. The van der Waals surface area contributed by atoms with Gasteiger partial charge in [-0.1, -0.05) is 26.0 Å². The van der Waals surface area contributed by atoms with Crippen LogP contribution in [0, 0.1) is 0 Å². The third-order valence-electron chi connectivity index (χ3n) is 4.05. The first-order valence-corrected chi connectivity index (χ1v) is 6.91. The molecule has 2 fully saturated rings. The zero-order chi connectivity index (χ0) is 13.5. The molecule has 1 aromatic rings. The molecule has 2 aliphatic heterocycles. The van der Waals surface area contributed by atoms with Crippen LogP contribution in [0.1, 0.15) is 31.7 Å². The van der Waals surface area contributed by atoms with Crippen molar-refractivity contribution in [2.24, 2.45) is 0 Å². The smallest absolute Gasteiger partial charge is 0.415 e. The van der Waals surface area contributed by atoms with Crippen molar-refractivity contribution in [3.63, 3.8) is 0 Å². The van der Waals surface area contributed by atoms with Gasteiger partial charge in [0.1, 0.15) is 5.60 Å². The Bertz CT molecular complexity index is 475.